The number of benzene rings is 3. The predicted molar refractivity (Wildman–Crippen MR) is 118 cm³/mol. The molecule has 6 nitrogen and oxygen atoms in total. The first kappa shape index (κ1) is 20.7. The van der Waals surface area contributed by atoms with Crippen LogP contribution in [0.25, 0.3) is 5.57 Å². The number of rotatable bonds is 4. The van der Waals surface area contributed by atoms with E-state index in [2.05, 4.69) is 5.32 Å². The number of aryl methyl sites for hydroxylation is 2. The number of ether oxygens (including phenoxy) is 2. The molecule has 2 aliphatic heterocycles. The summed E-state index contributed by atoms with van der Waals surface area (Å²) in [6, 6.07) is 13.4. The van der Waals surface area contributed by atoms with Crippen LogP contribution in [0, 0.1) is 25.5 Å². The summed E-state index contributed by atoms with van der Waals surface area (Å²) in [7, 11) is 0. The van der Waals surface area contributed by atoms with Gasteiger partial charge in [0.05, 0.1) is 11.3 Å². The molecule has 0 fully saturated rings. The number of carbonyl (C=O) groups excluding carboxylic acids is 2. The second kappa shape index (κ2) is 7.74. The van der Waals surface area contributed by atoms with Crippen LogP contribution in [0.2, 0.25) is 0 Å². The quantitative estimate of drug-likeness (QED) is 0.586. The number of anilines is 2. The van der Waals surface area contributed by atoms with Gasteiger partial charge in [-0.15, -0.1) is 0 Å². The summed E-state index contributed by atoms with van der Waals surface area (Å²) in [5.74, 6) is -2.32. The number of nitrogens with one attached hydrogen (secondary N) is 1. The van der Waals surface area contributed by atoms with E-state index in [1.807, 2.05) is 26.0 Å². The molecule has 2 aliphatic rings. The standard InChI is InChI=1S/C25H18F2N2O4/c1-13-3-6-17(14(2)9-13)22-23(28-15-4-7-18(26)19(27)10-15)25(31)29(24(22)30)16-5-8-20-21(11-16)33-12-32-20/h3-11,28H,12H2,1-2H3. The van der Waals surface area contributed by atoms with Crippen LogP contribution in [0.15, 0.2) is 60.3 Å². The van der Waals surface area contributed by atoms with E-state index in [0.717, 1.165) is 28.2 Å². The van der Waals surface area contributed by atoms with E-state index in [4.69, 9.17) is 9.47 Å². The Kier molecular flexibility index (Phi) is 4.85. The molecule has 1 N–H and O–H groups in total. The average Bonchev–Trinajstić information content (AvgIpc) is 3.33. The lowest BCUT2D eigenvalue weighted by Crippen LogP contribution is -2.32. The van der Waals surface area contributed by atoms with Crippen molar-refractivity contribution in [1.29, 1.82) is 0 Å². The molecule has 3 aromatic carbocycles. The maximum absolute atomic E-state index is 13.8. The molecule has 0 saturated heterocycles. The Morgan fingerprint density at radius 3 is 2.39 bits per heavy atom. The van der Waals surface area contributed by atoms with Crippen molar-refractivity contribution in [3.63, 3.8) is 0 Å². The summed E-state index contributed by atoms with van der Waals surface area (Å²) in [6.45, 7) is 3.81. The summed E-state index contributed by atoms with van der Waals surface area (Å²) in [4.78, 5) is 28.1. The monoisotopic (exact) mass is 448 g/mol. The zero-order chi connectivity index (χ0) is 23.3. The summed E-state index contributed by atoms with van der Waals surface area (Å²) in [5, 5.41) is 2.84. The molecule has 5 rings (SSSR count). The molecule has 33 heavy (non-hydrogen) atoms. The number of nitrogens with zero attached hydrogens (tertiary/aromatic N) is 1. The van der Waals surface area contributed by atoms with E-state index in [9.17, 15) is 18.4 Å². The molecule has 0 aliphatic carbocycles. The topological polar surface area (TPSA) is 67.9 Å². The molecule has 166 valence electrons. The third kappa shape index (κ3) is 3.49. The van der Waals surface area contributed by atoms with Crippen LogP contribution in [-0.4, -0.2) is 18.6 Å². The summed E-state index contributed by atoms with van der Waals surface area (Å²) >= 11 is 0. The number of hydrogen-bond acceptors (Lipinski definition) is 5. The maximum Gasteiger partial charge on any atom is 0.282 e. The molecule has 8 heteroatoms. The fourth-order valence-electron chi connectivity index (χ4n) is 3.97. The Morgan fingerprint density at radius 2 is 1.64 bits per heavy atom. The Bertz CT molecular complexity index is 1370. The fraction of sp³-hybridized carbons (Fsp3) is 0.120. The van der Waals surface area contributed by atoms with E-state index < -0.39 is 23.4 Å². The van der Waals surface area contributed by atoms with Gasteiger partial charge in [-0.3, -0.25) is 9.59 Å². The van der Waals surface area contributed by atoms with Crippen molar-refractivity contribution in [3.8, 4) is 11.5 Å². The van der Waals surface area contributed by atoms with Gasteiger partial charge < -0.3 is 14.8 Å². The van der Waals surface area contributed by atoms with Crippen LogP contribution in [0.4, 0.5) is 20.2 Å². The van der Waals surface area contributed by atoms with Crippen molar-refractivity contribution >= 4 is 28.8 Å². The van der Waals surface area contributed by atoms with Crippen LogP contribution in [0.1, 0.15) is 16.7 Å². The zero-order valence-corrected chi connectivity index (χ0v) is 17.7. The van der Waals surface area contributed by atoms with E-state index in [-0.39, 0.29) is 23.8 Å². The van der Waals surface area contributed by atoms with Crippen molar-refractivity contribution in [2.45, 2.75) is 13.8 Å². The Labute approximate surface area is 188 Å². The van der Waals surface area contributed by atoms with Crippen molar-refractivity contribution < 1.29 is 27.8 Å². The molecule has 0 aromatic heterocycles. The lowest BCUT2D eigenvalue weighted by molar-refractivity contribution is -0.120. The molecule has 0 saturated carbocycles. The Balaban J connectivity index is 1.63. The first-order chi connectivity index (χ1) is 15.8. The van der Waals surface area contributed by atoms with Crippen molar-refractivity contribution in [2.24, 2.45) is 0 Å². The van der Waals surface area contributed by atoms with Crippen molar-refractivity contribution in [2.75, 3.05) is 17.0 Å². The van der Waals surface area contributed by atoms with E-state index in [0.29, 0.717) is 22.7 Å². The second-order valence-electron chi connectivity index (χ2n) is 7.81. The van der Waals surface area contributed by atoms with Gasteiger partial charge in [-0.05, 0) is 49.2 Å². The highest BCUT2D eigenvalue weighted by Crippen LogP contribution is 2.40. The molecule has 0 bridgehead atoms. The van der Waals surface area contributed by atoms with Crippen molar-refractivity contribution in [1.82, 2.24) is 0 Å². The summed E-state index contributed by atoms with van der Waals surface area (Å²) in [5.41, 5.74) is 2.90. The minimum Gasteiger partial charge on any atom is -0.454 e. The number of imide groups is 1. The minimum atomic E-state index is -1.07. The fourth-order valence-corrected chi connectivity index (χ4v) is 3.97. The Morgan fingerprint density at radius 1 is 0.848 bits per heavy atom. The first-order valence-electron chi connectivity index (χ1n) is 10.2. The molecule has 2 amide bonds. The number of halogens is 2. The largest absolute Gasteiger partial charge is 0.454 e. The van der Waals surface area contributed by atoms with E-state index >= 15 is 0 Å². The molecule has 0 atom stereocenters. The highest BCUT2D eigenvalue weighted by atomic mass is 19.2. The normalized spacial score (nSPS) is 15.0. The first-order valence-corrected chi connectivity index (χ1v) is 10.2. The summed E-state index contributed by atoms with van der Waals surface area (Å²) in [6.07, 6.45) is 0. The van der Waals surface area contributed by atoms with Gasteiger partial charge in [-0.1, -0.05) is 23.8 Å². The number of hydrogen-bond donors (Lipinski definition) is 1. The average molecular weight is 448 g/mol. The molecule has 0 unspecified atom stereocenters. The zero-order valence-electron chi connectivity index (χ0n) is 17.7. The highest BCUT2D eigenvalue weighted by Gasteiger charge is 2.41. The van der Waals surface area contributed by atoms with Gasteiger partial charge in [-0.25, -0.2) is 13.7 Å². The SMILES string of the molecule is Cc1ccc(C2=C(Nc3ccc(F)c(F)c3)C(=O)N(c3ccc4c(c3)OCO4)C2=O)c(C)c1. The third-order valence-electron chi connectivity index (χ3n) is 5.54. The second-order valence-corrected chi connectivity index (χ2v) is 7.81. The molecule has 3 aromatic rings. The van der Waals surface area contributed by atoms with E-state index in [1.54, 1.807) is 24.3 Å². The number of carbonyl (C=O) groups is 2. The molecule has 0 radical (unpaired) electrons. The number of fused-ring (bicyclic) bond motifs is 1. The molecular formula is C25H18F2N2O4. The van der Waals surface area contributed by atoms with Gasteiger partial charge in [0, 0.05) is 17.8 Å². The Hall–Kier alpha value is -4.20. The van der Waals surface area contributed by atoms with Gasteiger partial charge in [0.1, 0.15) is 5.70 Å². The van der Waals surface area contributed by atoms with Crippen molar-refractivity contribution in [3.05, 3.63) is 88.6 Å². The number of amides is 2. The molecule has 2 heterocycles. The van der Waals surface area contributed by atoms with Crippen LogP contribution < -0.4 is 19.7 Å². The lowest BCUT2D eigenvalue weighted by atomic mass is 9.97. The van der Waals surface area contributed by atoms with E-state index in [1.165, 1.54) is 6.07 Å². The van der Waals surface area contributed by atoms with Gasteiger partial charge in [0.25, 0.3) is 11.8 Å². The minimum absolute atomic E-state index is 0.0318. The maximum atomic E-state index is 13.8. The van der Waals surface area contributed by atoms with Gasteiger partial charge in [-0.2, -0.15) is 0 Å². The smallest absolute Gasteiger partial charge is 0.282 e. The van der Waals surface area contributed by atoms with Gasteiger partial charge in [0.2, 0.25) is 6.79 Å². The predicted octanol–water partition coefficient (Wildman–Crippen LogP) is 4.71. The lowest BCUT2D eigenvalue weighted by Gasteiger charge is -2.16. The van der Waals surface area contributed by atoms with Crippen LogP contribution in [-0.2, 0) is 9.59 Å². The van der Waals surface area contributed by atoms with Crippen LogP contribution in [0.5, 0.6) is 11.5 Å². The third-order valence-corrected chi connectivity index (χ3v) is 5.54. The molecule has 0 spiro atoms. The van der Waals surface area contributed by atoms with Crippen LogP contribution >= 0.6 is 0 Å². The highest BCUT2D eigenvalue weighted by molar-refractivity contribution is 6.46. The molecular weight excluding hydrogens is 430 g/mol. The van der Waals surface area contributed by atoms with Crippen LogP contribution in [0.3, 0.4) is 0 Å². The van der Waals surface area contributed by atoms with Gasteiger partial charge >= 0.3 is 0 Å². The van der Waals surface area contributed by atoms with Gasteiger partial charge in [0.15, 0.2) is 23.1 Å². The summed E-state index contributed by atoms with van der Waals surface area (Å²) < 4.78 is 37.9.